The summed E-state index contributed by atoms with van der Waals surface area (Å²) < 4.78 is 28.6. The largest absolute Gasteiger partial charge is 0.378 e. The van der Waals surface area contributed by atoms with Crippen LogP contribution >= 0.6 is 27.5 Å². The summed E-state index contributed by atoms with van der Waals surface area (Å²) in [6, 6.07) is 2.17. The Labute approximate surface area is 122 Å². The number of aromatic nitrogens is 2. The van der Waals surface area contributed by atoms with Gasteiger partial charge in [-0.15, -0.1) is 0 Å². The minimum absolute atomic E-state index is 0.0834. The van der Waals surface area contributed by atoms with Gasteiger partial charge < -0.3 is 5.32 Å². The molecule has 1 heterocycles. The van der Waals surface area contributed by atoms with Crippen LogP contribution in [-0.4, -0.2) is 9.78 Å². The molecule has 2 aromatic rings. The number of anilines is 1. The van der Waals surface area contributed by atoms with Gasteiger partial charge in [0.05, 0.1) is 15.9 Å². The zero-order chi connectivity index (χ0) is 14.2. The highest BCUT2D eigenvalue weighted by atomic mass is 79.9. The predicted octanol–water partition coefficient (Wildman–Crippen LogP) is 4.03. The Morgan fingerprint density at radius 2 is 2.05 bits per heavy atom. The second-order valence-electron chi connectivity index (χ2n) is 4.08. The standard InChI is InChI=1S/C12H11BrClF2N3/c1-6-7(12(14)19(2)18-6)5-17-11-4-9(15)8(13)3-10(11)16/h3-4,17H,5H2,1-2H3. The van der Waals surface area contributed by atoms with E-state index in [4.69, 9.17) is 11.6 Å². The number of hydrogen-bond acceptors (Lipinski definition) is 2. The molecule has 0 unspecified atom stereocenters. The Hall–Kier alpha value is -1.14. The zero-order valence-corrected chi connectivity index (χ0v) is 12.6. The van der Waals surface area contributed by atoms with Gasteiger partial charge in [-0.25, -0.2) is 8.78 Å². The van der Waals surface area contributed by atoms with Crippen LogP contribution in [0.2, 0.25) is 5.15 Å². The lowest BCUT2D eigenvalue weighted by Crippen LogP contribution is -2.03. The van der Waals surface area contributed by atoms with E-state index >= 15 is 0 Å². The molecule has 0 bridgehead atoms. The quantitative estimate of drug-likeness (QED) is 0.847. The third-order valence-corrected chi connectivity index (χ3v) is 3.82. The minimum Gasteiger partial charge on any atom is -0.378 e. The third kappa shape index (κ3) is 2.90. The topological polar surface area (TPSA) is 29.9 Å². The summed E-state index contributed by atoms with van der Waals surface area (Å²) in [4.78, 5) is 0. The van der Waals surface area contributed by atoms with Crippen molar-refractivity contribution in [2.24, 2.45) is 7.05 Å². The number of nitrogens with one attached hydrogen (secondary N) is 1. The van der Waals surface area contributed by atoms with Crippen molar-refractivity contribution in [1.29, 1.82) is 0 Å². The monoisotopic (exact) mass is 349 g/mol. The van der Waals surface area contributed by atoms with Crippen LogP contribution in [0, 0.1) is 18.6 Å². The minimum atomic E-state index is -0.536. The van der Waals surface area contributed by atoms with E-state index in [1.54, 1.807) is 14.0 Å². The molecule has 0 saturated carbocycles. The van der Waals surface area contributed by atoms with Crippen LogP contribution in [0.4, 0.5) is 14.5 Å². The van der Waals surface area contributed by atoms with E-state index in [1.165, 1.54) is 4.68 Å². The van der Waals surface area contributed by atoms with Crippen molar-refractivity contribution in [1.82, 2.24) is 9.78 Å². The fourth-order valence-corrected chi connectivity index (χ4v) is 2.27. The number of hydrogen-bond donors (Lipinski definition) is 1. The highest BCUT2D eigenvalue weighted by molar-refractivity contribution is 9.10. The second kappa shape index (κ2) is 5.46. The van der Waals surface area contributed by atoms with E-state index in [2.05, 4.69) is 26.3 Å². The fourth-order valence-electron chi connectivity index (χ4n) is 1.72. The van der Waals surface area contributed by atoms with E-state index in [-0.39, 0.29) is 16.7 Å². The molecule has 19 heavy (non-hydrogen) atoms. The first-order valence-electron chi connectivity index (χ1n) is 5.46. The summed E-state index contributed by atoms with van der Waals surface area (Å²) in [6.45, 7) is 2.08. The van der Waals surface area contributed by atoms with Crippen molar-refractivity contribution in [2.45, 2.75) is 13.5 Å². The number of halogens is 4. The molecule has 0 radical (unpaired) electrons. The van der Waals surface area contributed by atoms with Gasteiger partial charge in [0.2, 0.25) is 0 Å². The van der Waals surface area contributed by atoms with Crippen molar-refractivity contribution in [3.8, 4) is 0 Å². The molecule has 0 spiro atoms. The average molecular weight is 351 g/mol. The molecule has 1 aromatic carbocycles. The summed E-state index contributed by atoms with van der Waals surface area (Å²) in [7, 11) is 1.72. The van der Waals surface area contributed by atoms with Gasteiger partial charge in [0.15, 0.2) is 0 Å². The average Bonchev–Trinajstić information content (AvgIpc) is 2.57. The van der Waals surface area contributed by atoms with Crippen LogP contribution in [0.1, 0.15) is 11.3 Å². The first-order chi connectivity index (χ1) is 8.90. The van der Waals surface area contributed by atoms with Crippen LogP contribution < -0.4 is 5.32 Å². The molecule has 0 fully saturated rings. The van der Waals surface area contributed by atoms with Crippen molar-refractivity contribution in [3.63, 3.8) is 0 Å². The van der Waals surface area contributed by atoms with E-state index in [0.29, 0.717) is 5.15 Å². The predicted molar refractivity (Wildman–Crippen MR) is 74.3 cm³/mol. The van der Waals surface area contributed by atoms with Gasteiger partial charge in [0.1, 0.15) is 16.8 Å². The maximum absolute atomic E-state index is 13.6. The molecule has 0 aliphatic heterocycles. The van der Waals surface area contributed by atoms with Gasteiger partial charge in [-0.2, -0.15) is 5.10 Å². The SMILES string of the molecule is Cc1nn(C)c(Cl)c1CNc1cc(F)c(Br)cc1F. The van der Waals surface area contributed by atoms with E-state index < -0.39 is 11.6 Å². The molecule has 7 heteroatoms. The Balaban J connectivity index is 2.21. The van der Waals surface area contributed by atoms with Crippen molar-refractivity contribution >= 4 is 33.2 Å². The van der Waals surface area contributed by atoms with Gasteiger partial charge in [-0.05, 0) is 28.9 Å². The van der Waals surface area contributed by atoms with Crippen LogP contribution in [0.15, 0.2) is 16.6 Å². The summed E-state index contributed by atoms with van der Waals surface area (Å²) in [5.74, 6) is -1.07. The normalized spacial score (nSPS) is 10.8. The maximum atomic E-state index is 13.6. The van der Waals surface area contributed by atoms with Crippen molar-refractivity contribution in [2.75, 3.05) is 5.32 Å². The highest BCUT2D eigenvalue weighted by Gasteiger charge is 2.13. The van der Waals surface area contributed by atoms with Gasteiger partial charge in [0.25, 0.3) is 0 Å². The molecule has 2 rings (SSSR count). The summed E-state index contributed by atoms with van der Waals surface area (Å²) in [6.07, 6.45) is 0. The summed E-state index contributed by atoms with van der Waals surface area (Å²) in [5.41, 5.74) is 1.59. The molecule has 0 saturated heterocycles. The van der Waals surface area contributed by atoms with Crippen LogP contribution in [-0.2, 0) is 13.6 Å². The molecular formula is C12H11BrClF2N3. The summed E-state index contributed by atoms with van der Waals surface area (Å²) >= 11 is 8.99. The lowest BCUT2D eigenvalue weighted by Gasteiger charge is -2.08. The highest BCUT2D eigenvalue weighted by Crippen LogP contribution is 2.25. The number of aryl methyl sites for hydroxylation is 2. The molecular weight excluding hydrogens is 340 g/mol. The van der Waals surface area contributed by atoms with E-state index in [9.17, 15) is 8.78 Å². The second-order valence-corrected chi connectivity index (χ2v) is 5.29. The van der Waals surface area contributed by atoms with E-state index in [1.807, 2.05) is 0 Å². The van der Waals surface area contributed by atoms with Gasteiger partial charge >= 0.3 is 0 Å². The summed E-state index contributed by atoms with van der Waals surface area (Å²) in [5, 5.41) is 7.44. The smallest absolute Gasteiger partial charge is 0.147 e. The Morgan fingerprint density at radius 3 is 2.63 bits per heavy atom. The van der Waals surface area contributed by atoms with Gasteiger partial charge in [0, 0.05) is 25.2 Å². The lowest BCUT2D eigenvalue weighted by atomic mass is 10.2. The first kappa shape index (κ1) is 14.3. The molecule has 1 aromatic heterocycles. The van der Waals surface area contributed by atoms with Gasteiger partial charge in [-0.3, -0.25) is 4.68 Å². The molecule has 3 nitrogen and oxygen atoms in total. The van der Waals surface area contributed by atoms with Crippen molar-refractivity contribution in [3.05, 3.63) is 44.7 Å². The maximum Gasteiger partial charge on any atom is 0.147 e. The molecule has 102 valence electrons. The fraction of sp³-hybridized carbons (Fsp3) is 0.250. The van der Waals surface area contributed by atoms with Crippen LogP contribution in [0.5, 0.6) is 0 Å². The Morgan fingerprint density at radius 1 is 1.37 bits per heavy atom. The first-order valence-corrected chi connectivity index (χ1v) is 6.63. The molecule has 0 aliphatic rings. The number of benzene rings is 1. The third-order valence-electron chi connectivity index (χ3n) is 2.74. The van der Waals surface area contributed by atoms with Crippen molar-refractivity contribution < 1.29 is 8.78 Å². The molecule has 0 amide bonds. The zero-order valence-electron chi connectivity index (χ0n) is 10.3. The van der Waals surface area contributed by atoms with Gasteiger partial charge in [-0.1, -0.05) is 11.6 Å². The van der Waals surface area contributed by atoms with Crippen LogP contribution in [0.25, 0.3) is 0 Å². The lowest BCUT2D eigenvalue weighted by molar-refractivity contribution is 0.596. The molecule has 0 aliphatic carbocycles. The Bertz CT molecular complexity index is 628. The number of rotatable bonds is 3. The molecule has 0 atom stereocenters. The Kier molecular flexibility index (Phi) is 4.10. The van der Waals surface area contributed by atoms with Crippen LogP contribution in [0.3, 0.4) is 0 Å². The number of nitrogens with zero attached hydrogens (tertiary/aromatic N) is 2. The molecule has 1 N–H and O–H groups in total. The van der Waals surface area contributed by atoms with E-state index in [0.717, 1.165) is 23.4 Å².